The van der Waals surface area contributed by atoms with Crippen LogP contribution in [0.2, 0.25) is 0 Å². The first-order valence-electron chi connectivity index (χ1n) is 4.45. The number of nitrogens with two attached hydrogens (primary N) is 1. The van der Waals surface area contributed by atoms with Crippen molar-refractivity contribution in [2.75, 3.05) is 26.7 Å². The molecule has 2 aliphatic heterocycles. The van der Waals surface area contributed by atoms with Crippen molar-refractivity contribution in [2.45, 2.75) is 18.5 Å². The molecule has 0 radical (unpaired) electrons. The van der Waals surface area contributed by atoms with Crippen LogP contribution in [-0.4, -0.2) is 54.5 Å². The van der Waals surface area contributed by atoms with Gasteiger partial charge in [-0.15, -0.1) is 0 Å². The number of piperazine rings is 1. The highest BCUT2D eigenvalue weighted by atomic mass is 16.2. The Morgan fingerprint density at radius 2 is 2.42 bits per heavy atom. The van der Waals surface area contributed by atoms with Crippen LogP contribution in [0, 0.1) is 0 Å². The molecule has 2 saturated heterocycles. The number of nitrogens with zero attached hydrogens (tertiary/aromatic N) is 2. The molecule has 2 rings (SSSR count). The third kappa shape index (κ3) is 0.949. The van der Waals surface area contributed by atoms with Gasteiger partial charge in [0.1, 0.15) is 0 Å². The van der Waals surface area contributed by atoms with Gasteiger partial charge in [-0.1, -0.05) is 0 Å². The highest BCUT2D eigenvalue weighted by Crippen LogP contribution is 2.29. The molecule has 4 heteroatoms. The number of hydrogen-bond acceptors (Lipinski definition) is 3. The van der Waals surface area contributed by atoms with Gasteiger partial charge in [0.25, 0.3) is 0 Å². The Morgan fingerprint density at radius 3 is 2.92 bits per heavy atom. The first-order valence-corrected chi connectivity index (χ1v) is 4.45. The smallest absolute Gasteiger partial charge is 0.240 e. The normalized spacial score (nSPS) is 35.2. The second kappa shape index (κ2) is 2.71. The van der Waals surface area contributed by atoms with Crippen LogP contribution in [0.3, 0.4) is 0 Å². The molecule has 1 amide bonds. The van der Waals surface area contributed by atoms with Gasteiger partial charge in [-0.2, -0.15) is 0 Å². The minimum Gasteiger partial charge on any atom is -0.336 e. The zero-order valence-corrected chi connectivity index (χ0v) is 7.36. The summed E-state index contributed by atoms with van der Waals surface area (Å²) >= 11 is 0. The summed E-state index contributed by atoms with van der Waals surface area (Å²) in [7, 11) is 2.02. The third-order valence-corrected chi connectivity index (χ3v) is 2.91. The number of likely N-dealkylation sites (N-methyl/N-ethyl adjacent to an activating group) is 1. The number of hydrogen-bond donors (Lipinski definition) is 1. The number of rotatable bonds is 2. The number of carbonyl (C=O) groups excluding carboxylic acids is 1. The zero-order chi connectivity index (χ0) is 8.72. The van der Waals surface area contributed by atoms with Gasteiger partial charge in [0.2, 0.25) is 5.91 Å². The van der Waals surface area contributed by atoms with Crippen molar-refractivity contribution in [1.82, 2.24) is 9.80 Å². The van der Waals surface area contributed by atoms with Crippen LogP contribution in [0.25, 0.3) is 0 Å². The first-order chi connectivity index (χ1) is 5.74. The standard InChI is InChI=1S/C8H15N3O/c1-10-5-6-4-7(10)8(12)11(6)3-2-9/h6-7H,2-5,9H2,1H3. The lowest BCUT2D eigenvalue weighted by Gasteiger charge is -2.31. The largest absolute Gasteiger partial charge is 0.336 e. The average Bonchev–Trinajstić information content (AvgIpc) is 2.51. The summed E-state index contributed by atoms with van der Waals surface area (Å²) in [6, 6.07) is 0.595. The summed E-state index contributed by atoms with van der Waals surface area (Å²) in [4.78, 5) is 15.7. The zero-order valence-electron chi connectivity index (χ0n) is 7.36. The quantitative estimate of drug-likeness (QED) is 0.568. The van der Waals surface area contributed by atoms with Gasteiger partial charge in [0.15, 0.2) is 0 Å². The van der Waals surface area contributed by atoms with Crippen LogP contribution in [-0.2, 0) is 4.79 Å². The van der Waals surface area contributed by atoms with Crippen LogP contribution in [0.15, 0.2) is 0 Å². The van der Waals surface area contributed by atoms with E-state index in [1.165, 1.54) is 0 Å². The van der Waals surface area contributed by atoms with E-state index in [-0.39, 0.29) is 11.9 Å². The van der Waals surface area contributed by atoms with Crippen LogP contribution in [0.5, 0.6) is 0 Å². The lowest BCUT2D eigenvalue weighted by atomic mass is 10.2. The van der Waals surface area contributed by atoms with Crippen molar-refractivity contribution in [2.24, 2.45) is 5.73 Å². The van der Waals surface area contributed by atoms with E-state index in [2.05, 4.69) is 4.90 Å². The third-order valence-electron chi connectivity index (χ3n) is 2.91. The van der Waals surface area contributed by atoms with Gasteiger partial charge in [-0.25, -0.2) is 0 Å². The number of likely N-dealkylation sites (tertiary alicyclic amines) is 2. The minimum absolute atomic E-state index is 0.154. The molecule has 2 heterocycles. The molecule has 0 aromatic heterocycles. The molecule has 0 saturated carbocycles. The monoisotopic (exact) mass is 169 g/mol. The Hall–Kier alpha value is -0.610. The SMILES string of the molecule is CN1CC2CC1C(=O)N2CCN. The van der Waals surface area contributed by atoms with Crippen LogP contribution < -0.4 is 5.73 Å². The molecule has 68 valence electrons. The van der Waals surface area contributed by atoms with Crippen molar-refractivity contribution >= 4 is 5.91 Å². The van der Waals surface area contributed by atoms with E-state index >= 15 is 0 Å². The Bertz CT molecular complexity index is 206. The van der Waals surface area contributed by atoms with E-state index < -0.39 is 0 Å². The average molecular weight is 169 g/mol. The Morgan fingerprint density at radius 1 is 1.67 bits per heavy atom. The van der Waals surface area contributed by atoms with Crippen LogP contribution in [0.1, 0.15) is 6.42 Å². The minimum atomic E-state index is 0.154. The molecule has 2 atom stereocenters. The number of amides is 1. The Balaban J connectivity index is 2.08. The van der Waals surface area contributed by atoms with Gasteiger partial charge in [-0.05, 0) is 13.5 Å². The van der Waals surface area contributed by atoms with Gasteiger partial charge < -0.3 is 10.6 Å². The molecule has 2 fully saturated rings. The molecule has 0 aromatic carbocycles. The second-order valence-electron chi connectivity index (χ2n) is 3.67. The van der Waals surface area contributed by atoms with E-state index in [9.17, 15) is 4.79 Å². The fourth-order valence-electron chi connectivity index (χ4n) is 2.29. The number of fused-ring (bicyclic) bond motifs is 2. The van der Waals surface area contributed by atoms with Gasteiger partial charge in [-0.3, -0.25) is 9.69 Å². The Kier molecular flexibility index (Phi) is 1.81. The Labute approximate surface area is 72.3 Å². The molecule has 0 aromatic rings. The predicted molar refractivity (Wildman–Crippen MR) is 45.6 cm³/mol. The highest BCUT2D eigenvalue weighted by molar-refractivity contribution is 5.85. The molecule has 0 aliphatic carbocycles. The molecule has 4 nitrogen and oxygen atoms in total. The lowest BCUT2D eigenvalue weighted by Crippen LogP contribution is -2.50. The van der Waals surface area contributed by atoms with Crippen molar-refractivity contribution in [3.05, 3.63) is 0 Å². The summed E-state index contributed by atoms with van der Waals surface area (Å²) in [6.07, 6.45) is 1.01. The van der Waals surface area contributed by atoms with Crippen molar-refractivity contribution < 1.29 is 4.79 Å². The maximum atomic E-state index is 11.6. The first kappa shape index (κ1) is 8.01. The van der Waals surface area contributed by atoms with Crippen molar-refractivity contribution in [3.8, 4) is 0 Å². The van der Waals surface area contributed by atoms with Crippen LogP contribution in [0.4, 0.5) is 0 Å². The molecule has 12 heavy (non-hydrogen) atoms. The molecule has 2 aliphatic rings. The van der Waals surface area contributed by atoms with Gasteiger partial charge >= 0.3 is 0 Å². The summed E-state index contributed by atoms with van der Waals surface area (Å²) in [6.45, 7) is 2.34. The van der Waals surface area contributed by atoms with Gasteiger partial charge in [0, 0.05) is 25.7 Å². The maximum absolute atomic E-state index is 11.6. The summed E-state index contributed by atoms with van der Waals surface area (Å²) < 4.78 is 0. The molecule has 2 N–H and O–H groups in total. The van der Waals surface area contributed by atoms with Crippen molar-refractivity contribution in [1.29, 1.82) is 0 Å². The molecular weight excluding hydrogens is 154 g/mol. The number of carbonyl (C=O) groups is 1. The summed E-state index contributed by atoms with van der Waals surface area (Å²) in [5.74, 6) is 0.277. The van der Waals surface area contributed by atoms with E-state index in [0.29, 0.717) is 12.6 Å². The molecule has 2 bridgehead atoms. The molecule has 0 spiro atoms. The maximum Gasteiger partial charge on any atom is 0.240 e. The lowest BCUT2D eigenvalue weighted by molar-refractivity contribution is -0.135. The molecule has 2 unspecified atom stereocenters. The summed E-state index contributed by atoms with van der Waals surface area (Å²) in [5.41, 5.74) is 5.43. The van der Waals surface area contributed by atoms with E-state index in [4.69, 9.17) is 5.73 Å². The summed E-state index contributed by atoms with van der Waals surface area (Å²) in [5, 5.41) is 0. The second-order valence-corrected chi connectivity index (χ2v) is 3.67. The van der Waals surface area contributed by atoms with Crippen molar-refractivity contribution in [3.63, 3.8) is 0 Å². The highest BCUT2D eigenvalue weighted by Gasteiger charge is 2.47. The van der Waals surface area contributed by atoms with Crippen LogP contribution >= 0.6 is 0 Å². The van der Waals surface area contributed by atoms with E-state index in [1.54, 1.807) is 0 Å². The fourth-order valence-corrected chi connectivity index (χ4v) is 2.29. The topological polar surface area (TPSA) is 49.6 Å². The fraction of sp³-hybridized carbons (Fsp3) is 0.875. The van der Waals surface area contributed by atoms with Gasteiger partial charge in [0.05, 0.1) is 6.04 Å². The molecular formula is C8H15N3O. The van der Waals surface area contributed by atoms with E-state index in [0.717, 1.165) is 19.5 Å². The predicted octanol–water partition coefficient (Wildman–Crippen LogP) is -1.14. The van der Waals surface area contributed by atoms with E-state index in [1.807, 2.05) is 11.9 Å².